The van der Waals surface area contributed by atoms with Gasteiger partial charge < -0.3 is 4.42 Å². The Morgan fingerprint density at radius 1 is 0.548 bits per heavy atom. The molecule has 0 amide bonds. The highest BCUT2D eigenvalue weighted by Gasteiger charge is 2.13. The van der Waals surface area contributed by atoms with Crippen molar-refractivity contribution in [3.8, 4) is 11.1 Å². The molecular formula is C30H18O. The van der Waals surface area contributed by atoms with Gasteiger partial charge >= 0.3 is 0 Å². The van der Waals surface area contributed by atoms with E-state index in [0.29, 0.717) is 16.7 Å². The molecule has 1 nitrogen and oxygen atoms in total. The molecule has 144 valence electrons. The van der Waals surface area contributed by atoms with E-state index in [-0.39, 0.29) is 45.2 Å². The Hall–Kier alpha value is -4.10. The Balaban J connectivity index is 1.69. The van der Waals surface area contributed by atoms with Crippen molar-refractivity contribution in [2.24, 2.45) is 0 Å². The van der Waals surface area contributed by atoms with Crippen LogP contribution in [0.25, 0.3) is 65.4 Å². The van der Waals surface area contributed by atoms with Crippen LogP contribution in [0.5, 0.6) is 0 Å². The van der Waals surface area contributed by atoms with E-state index in [2.05, 4.69) is 0 Å². The van der Waals surface area contributed by atoms with Crippen LogP contribution in [0.15, 0.2) is 113 Å². The second-order valence-electron chi connectivity index (χ2n) is 7.51. The van der Waals surface area contributed by atoms with Gasteiger partial charge in [-0.3, -0.25) is 0 Å². The molecule has 0 aliphatic carbocycles. The van der Waals surface area contributed by atoms with Crippen molar-refractivity contribution in [3.05, 3.63) is 109 Å². The lowest BCUT2D eigenvalue weighted by Crippen LogP contribution is -1.85. The van der Waals surface area contributed by atoms with Crippen LogP contribution < -0.4 is 0 Å². The minimum absolute atomic E-state index is 0.0229. The molecule has 0 aliphatic heterocycles. The van der Waals surface area contributed by atoms with Crippen LogP contribution in [-0.2, 0) is 0 Å². The maximum Gasteiger partial charge on any atom is 0.136 e. The van der Waals surface area contributed by atoms with Gasteiger partial charge in [0, 0.05) is 10.8 Å². The lowest BCUT2D eigenvalue weighted by Gasteiger charge is -2.12. The van der Waals surface area contributed by atoms with E-state index < -0.39 is 36.3 Å². The lowest BCUT2D eigenvalue weighted by molar-refractivity contribution is 0.669. The fourth-order valence-corrected chi connectivity index (χ4v) is 4.34. The average Bonchev–Trinajstić information content (AvgIpc) is 3.31. The number of benzene rings is 6. The number of furan rings is 1. The Bertz CT molecular complexity index is 2190. The molecule has 0 fully saturated rings. The zero-order valence-electron chi connectivity index (χ0n) is 25.1. The average molecular weight is 404 g/mol. The predicted molar refractivity (Wildman–Crippen MR) is 132 cm³/mol. The summed E-state index contributed by atoms with van der Waals surface area (Å²) in [5.74, 6) is 0. The molecule has 0 saturated carbocycles. The second-order valence-corrected chi connectivity index (χ2v) is 7.51. The van der Waals surface area contributed by atoms with Crippen LogP contribution in [0.1, 0.15) is 12.3 Å². The summed E-state index contributed by atoms with van der Waals surface area (Å²) in [4.78, 5) is 0. The van der Waals surface area contributed by atoms with E-state index in [1.807, 2.05) is 42.5 Å². The highest BCUT2D eigenvalue weighted by Crippen LogP contribution is 2.39. The third-order valence-electron chi connectivity index (χ3n) is 5.75. The van der Waals surface area contributed by atoms with Gasteiger partial charge in [-0.25, -0.2) is 0 Å². The Labute approximate surface area is 191 Å². The van der Waals surface area contributed by atoms with E-state index in [9.17, 15) is 0 Å². The van der Waals surface area contributed by atoms with Crippen molar-refractivity contribution >= 4 is 54.3 Å². The van der Waals surface area contributed by atoms with E-state index in [1.54, 1.807) is 12.1 Å². The lowest BCUT2D eigenvalue weighted by atomic mass is 9.91. The molecule has 0 radical (unpaired) electrons. The molecule has 7 aromatic rings. The molecule has 0 saturated heterocycles. The second kappa shape index (κ2) is 6.20. The summed E-state index contributed by atoms with van der Waals surface area (Å²) in [6.07, 6.45) is 0. The zero-order valence-corrected chi connectivity index (χ0v) is 16.1. The molecule has 6 aromatic carbocycles. The highest BCUT2D eigenvalue weighted by atomic mass is 16.3. The van der Waals surface area contributed by atoms with Gasteiger partial charge in [0.25, 0.3) is 0 Å². The summed E-state index contributed by atoms with van der Waals surface area (Å²) in [6, 6.07) is 13.2. The smallest absolute Gasteiger partial charge is 0.136 e. The zero-order chi connectivity index (χ0) is 28.2. The molecule has 0 aliphatic rings. The molecule has 0 atom stereocenters. The first kappa shape index (κ1) is 10.3. The van der Waals surface area contributed by atoms with Gasteiger partial charge in [-0.2, -0.15) is 0 Å². The van der Waals surface area contributed by atoms with Crippen molar-refractivity contribution in [1.29, 1.82) is 0 Å². The summed E-state index contributed by atoms with van der Waals surface area (Å²) < 4.78 is 82.8. The van der Waals surface area contributed by atoms with Gasteiger partial charge in [-0.05, 0) is 73.8 Å². The monoisotopic (exact) mass is 403 g/mol. The van der Waals surface area contributed by atoms with Crippen LogP contribution in [0.4, 0.5) is 0 Å². The first-order valence-electron chi connectivity index (χ1n) is 14.4. The van der Waals surface area contributed by atoms with E-state index >= 15 is 0 Å². The summed E-state index contributed by atoms with van der Waals surface area (Å²) in [5, 5.41) is 3.65. The fraction of sp³-hybridized carbons (Fsp3) is 0. The minimum atomic E-state index is -0.517. The van der Waals surface area contributed by atoms with Crippen LogP contribution in [0, 0.1) is 0 Å². The van der Waals surface area contributed by atoms with E-state index in [1.165, 1.54) is 0 Å². The quantitative estimate of drug-likeness (QED) is 0.250. The molecule has 1 heterocycles. The minimum Gasteiger partial charge on any atom is -0.456 e. The molecular weight excluding hydrogens is 376 g/mol. The number of fused-ring (bicyclic) bond motifs is 6. The van der Waals surface area contributed by atoms with Gasteiger partial charge in [0.05, 0.1) is 12.3 Å². The number of hydrogen-bond acceptors (Lipinski definition) is 1. The summed E-state index contributed by atoms with van der Waals surface area (Å²) >= 11 is 0. The van der Waals surface area contributed by atoms with Gasteiger partial charge in [-0.15, -0.1) is 0 Å². The third kappa shape index (κ3) is 2.44. The van der Waals surface area contributed by atoms with Crippen molar-refractivity contribution in [2.45, 2.75) is 0 Å². The summed E-state index contributed by atoms with van der Waals surface area (Å²) in [7, 11) is 0. The molecule has 0 unspecified atom stereocenters. The largest absolute Gasteiger partial charge is 0.456 e. The summed E-state index contributed by atoms with van der Waals surface area (Å²) in [5.41, 5.74) is 1.83. The molecule has 1 aromatic heterocycles. The molecule has 0 spiro atoms. The molecule has 1 heteroatoms. The summed E-state index contributed by atoms with van der Waals surface area (Å²) in [6.45, 7) is 0. The predicted octanol–water partition coefficient (Wildman–Crippen LogP) is 8.71. The third-order valence-corrected chi connectivity index (χ3v) is 5.75. The van der Waals surface area contributed by atoms with Gasteiger partial charge in [0.1, 0.15) is 11.2 Å². The molecule has 0 bridgehead atoms. The highest BCUT2D eigenvalue weighted by molar-refractivity contribution is 6.15. The fourth-order valence-electron chi connectivity index (χ4n) is 4.34. The molecule has 0 N–H and O–H groups in total. The van der Waals surface area contributed by atoms with Crippen molar-refractivity contribution in [2.75, 3.05) is 0 Å². The molecule has 7 rings (SSSR count). The maximum atomic E-state index is 8.86. The normalized spacial score (nSPS) is 15.9. The maximum absolute atomic E-state index is 8.86. The topological polar surface area (TPSA) is 13.1 Å². The Kier molecular flexibility index (Phi) is 2.06. The van der Waals surface area contributed by atoms with Crippen LogP contribution in [0.2, 0.25) is 0 Å². The van der Waals surface area contributed by atoms with Crippen LogP contribution >= 0.6 is 0 Å². The van der Waals surface area contributed by atoms with Crippen molar-refractivity contribution < 1.29 is 16.8 Å². The Morgan fingerprint density at radius 3 is 1.94 bits per heavy atom. The molecule has 31 heavy (non-hydrogen) atoms. The van der Waals surface area contributed by atoms with Crippen molar-refractivity contribution in [3.63, 3.8) is 0 Å². The standard InChI is InChI=1S/C30H18O/c1-2-8-20-17-29-27(16-19(20)7-1)26-14-13-23(18-28(26)31-29)30-24-11-5-3-9-21(24)15-22-10-4-6-12-25(22)30/h1-18H/i3D,4D,5D,6D,9D,10D,11D,12D,15D. The van der Waals surface area contributed by atoms with Crippen LogP contribution in [0.3, 0.4) is 0 Å². The first-order valence-corrected chi connectivity index (χ1v) is 9.88. The van der Waals surface area contributed by atoms with Gasteiger partial charge in [-0.1, -0.05) is 78.7 Å². The van der Waals surface area contributed by atoms with Gasteiger partial charge in [0.2, 0.25) is 0 Å². The Morgan fingerprint density at radius 2 is 1.19 bits per heavy atom. The van der Waals surface area contributed by atoms with Crippen molar-refractivity contribution in [1.82, 2.24) is 0 Å². The van der Waals surface area contributed by atoms with Crippen LogP contribution in [-0.4, -0.2) is 0 Å². The number of hydrogen-bond donors (Lipinski definition) is 0. The van der Waals surface area contributed by atoms with E-state index in [4.69, 9.17) is 16.8 Å². The first-order chi connectivity index (χ1) is 19.1. The van der Waals surface area contributed by atoms with E-state index in [0.717, 1.165) is 21.5 Å². The SMILES string of the molecule is [2H]c1c([2H])c([2H])c2c(-c3ccc4c(c3)oc3cc5ccccc5cc34)c3c([2H])c([2H])c([2H])c([2H])c3c([2H])c2c1[2H]. The van der Waals surface area contributed by atoms with Gasteiger partial charge in [0.15, 0.2) is 0 Å². The number of rotatable bonds is 1.